The van der Waals surface area contributed by atoms with Crippen molar-refractivity contribution in [1.29, 1.82) is 0 Å². The number of amides is 2. The van der Waals surface area contributed by atoms with Crippen LogP contribution in [0.1, 0.15) is 59.6 Å². The minimum atomic E-state index is -0.646. The first-order valence-electron chi connectivity index (χ1n) is 10.9. The summed E-state index contributed by atoms with van der Waals surface area (Å²) in [5.41, 5.74) is 1.78. The van der Waals surface area contributed by atoms with Gasteiger partial charge in [-0.05, 0) is 68.5 Å². The largest absolute Gasteiger partial charge is 0.484 e. The van der Waals surface area contributed by atoms with Gasteiger partial charge in [0.05, 0.1) is 0 Å². The van der Waals surface area contributed by atoms with Crippen LogP contribution in [0.3, 0.4) is 0 Å². The van der Waals surface area contributed by atoms with Gasteiger partial charge in [0, 0.05) is 16.6 Å². The molecule has 1 unspecified atom stereocenters. The fourth-order valence-electron chi connectivity index (χ4n) is 3.17. The van der Waals surface area contributed by atoms with Crippen molar-refractivity contribution in [2.45, 2.75) is 72.0 Å². The van der Waals surface area contributed by atoms with Crippen molar-refractivity contribution in [1.82, 2.24) is 10.2 Å². The van der Waals surface area contributed by atoms with Gasteiger partial charge in [0.25, 0.3) is 5.91 Å². The van der Waals surface area contributed by atoms with Crippen LogP contribution in [0.5, 0.6) is 5.75 Å². The molecule has 0 heterocycles. The zero-order valence-electron chi connectivity index (χ0n) is 20.2. The van der Waals surface area contributed by atoms with Crippen LogP contribution >= 0.6 is 15.9 Å². The van der Waals surface area contributed by atoms with E-state index >= 15 is 0 Å². The van der Waals surface area contributed by atoms with Gasteiger partial charge in [-0.25, -0.2) is 0 Å². The number of nitrogens with zero attached hydrogens (tertiary/aromatic N) is 1. The van der Waals surface area contributed by atoms with Gasteiger partial charge in [-0.3, -0.25) is 9.59 Å². The molecule has 32 heavy (non-hydrogen) atoms. The lowest BCUT2D eigenvalue weighted by molar-refractivity contribution is -0.142. The molecule has 1 atom stereocenters. The summed E-state index contributed by atoms with van der Waals surface area (Å²) in [5, 5.41) is 2.96. The third-order valence-electron chi connectivity index (χ3n) is 4.99. The normalized spacial score (nSPS) is 12.8. The van der Waals surface area contributed by atoms with Crippen LogP contribution in [0.25, 0.3) is 0 Å². The average Bonchev–Trinajstić information content (AvgIpc) is 2.68. The first-order valence-corrected chi connectivity index (χ1v) is 11.6. The molecule has 0 fully saturated rings. The molecule has 1 N–H and O–H groups in total. The van der Waals surface area contributed by atoms with E-state index in [0.29, 0.717) is 12.3 Å². The van der Waals surface area contributed by atoms with E-state index in [1.165, 1.54) is 5.56 Å². The van der Waals surface area contributed by atoms with Gasteiger partial charge >= 0.3 is 0 Å². The van der Waals surface area contributed by atoms with Crippen molar-refractivity contribution in [3.05, 3.63) is 64.1 Å². The first kappa shape index (κ1) is 25.9. The molecule has 0 saturated heterocycles. The van der Waals surface area contributed by atoms with Crippen LogP contribution in [0.2, 0.25) is 0 Å². The van der Waals surface area contributed by atoms with Crippen LogP contribution in [-0.4, -0.2) is 34.9 Å². The Hall–Kier alpha value is -2.34. The molecule has 0 radical (unpaired) electrons. The molecular formula is C26H35BrN2O3. The SMILES string of the molecule is CC(C(=O)NC(C)(C)C)N(Cc1cccc(Br)c1)C(=O)COc1ccc(C(C)(C)C)cc1. The smallest absolute Gasteiger partial charge is 0.261 e. The number of rotatable bonds is 7. The Balaban J connectivity index is 2.16. The predicted octanol–water partition coefficient (Wildman–Crippen LogP) is 5.46. The number of carbonyl (C=O) groups is 2. The number of nitrogens with one attached hydrogen (secondary N) is 1. The molecule has 174 valence electrons. The van der Waals surface area contributed by atoms with Crippen molar-refractivity contribution in [2.75, 3.05) is 6.61 Å². The number of hydrogen-bond acceptors (Lipinski definition) is 3. The molecule has 6 heteroatoms. The maximum absolute atomic E-state index is 13.2. The van der Waals surface area contributed by atoms with Crippen molar-refractivity contribution >= 4 is 27.7 Å². The second kappa shape index (κ2) is 10.5. The van der Waals surface area contributed by atoms with E-state index in [4.69, 9.17) is 4.74 Å². The van der Waals surface area contributed by atoms with E-state index in [9.17, 15) is 9.59 Å². The highest BCUT2D eigenvalue weighted by molar-refractivity contribution is 9.10. The summed E-state index contributed by atoms with van der Waals surface area (Å²) < 4.78 is 6.70. The Morgan fingerprint density at radius 2 is 1.66 bits per heavy atom. The Morgan fingerprint density at radius 3 is 2.19 bits per heavy atom. The molecule has 2 aromatic carbocycles. The Kier molecular flexibility index (Phi) is 8.52. The van der Waals surface area contributed by atoms with Crippen LogP contribution < -0.4 is 10.1 Å². The van der Waals surface area contributed by atoms with Gasteiger partial charge in [-0.15, -0.1) is 0 Å². The summed E-state index contributed by atoms with van der Waals surface area (Å²) in [4.78, 5) is 27.5. The molecule has 2 aromatic rings. The summed E-state index contributed by atoms with van der Waals surface area (Å²) in [5.74, 6) is 0.178. The number of benzene rings is 2. The molecule has 2 amide bonds. The molecule has 0 spiro atoms. The second-order valence-corrected chi connectivity index (χ2v) is 11.0. The van der Waals surface area contributed by atoms with E-state index in [0.717, 1.165) is 10.0 Å². The number of hydrogen-bond donors (Lipinski definition) is 1. The van der Waals surface area contributed by atoms with Gasteiger partial charge < -0.3 is 15.0 Å². The summed E-state index contributed by atoms with van der Waals surface area (Å²) in [6.45, 7) is 14.1. The summed E-state index contributed by atoms with van der Waals surface area (Å²) in [7, 11) is 0. The van der Waals surface area contributed by atoms with E-state index < -0.39 is 6.04 Å². The summed E-state index contributed by atoms with van der Waals surface area (Å²) in [6, 6.07) is 14.9. The van der Waals surface area contributed by atoms with Crippen LogP contribution in [0.4, 0.5) is 0 Å². The molecule has 0 bridgehead atoms. The van der Waals surface area contributed by atoms with Crippen molar-refractivity contribution < 1.29 is 14.3 Å². The molecule has 2 rings (SSSR count). The van der Waals surface area contributed by atoms with E-state index in [1.807, 2.05) is 69.3 Å². The Bertz CT molecular complexity index is 927. The zero-order chi connectivity index (χ0) is 24.1. The highest BCUT2D eigenvalue weighted by Crippen LogP contribution is 2.24. The number of carbonyl (C=O) groups excluding carboxylic acids is 2. The molecule has 0 saturated carbocycles. The van der Waals surface area contributed by atoms with Gasteiger partial charge in [0.1, 0.15) is 11.8 Å². The number of halogens is 1. The van der Waals surface area contributed by atoms with Crippen LogP contribution in [0, 0.1) is 0 Å². The fourth-order valence-corrected chi connectivity index (χ4v) is 3.61. The predicted molar refractivity (Wildman–Crippen MR) is 133 cm³/mol. The zero-order valence-corrected chi connectivity index (χ0v) is 21.7. The van der Waals surface area contributed by atoms with Crippen molar-refractivity contribution in [3.8, 4) is 5.75 Å². The quantitative estimate of drug-likeness (QED) is 0.546. The minimum Gasteiger partial charge on any atom is -0.484 e. The second-order valence-electron chi connectivity index (χ2n) is 10.1. The van der Waals surface area contributed by atoms with Gasteiger partial charge in [-0.2, -0.15) is 0 Å². The van der Waals surface area contributed by atoms with Gasteiger partial charge in [-0.1, -0.05) is 61.0 Å². The minimum absolute atomic E-state index is 0.0466. The lowest BCUT2D eigenvalue weighted by atomic mass is 9.87. The molecule has 0 aliphatic rings. The highest BCUT2D eigenvalue weighted by atomic mass is 79.9. The lowest BCUT2D eigenvalue weighted by Gasteiger charge is -2.31. The molecular weight excluding hydrogens is 468 g/mol. The standard InChI is InChI=1S/C26H35BrN2O3/c1-18(24(31)28-26(5,6)7)29(16-19-9-8-10-21(27)15-19)23(30)17-32-22-13-11-20(12-14-22)25(2,3)4/h8-15,18H,16-17H2,1-7H3,(H,28,31). The van der Waals surface area contributed by atoms with Crippen LogP contribution in [0.15, 0.2) is 53.0 Å². The van der Waals surface area contributed by atoms with E-state index in [2.05, 4.69) is 42.0 Å². The topological polar surface area (TPSA) is 58.6 Å². The monoisotopic (exact) mass is 502 g/mol. The van der Waals surface area contributed by atoms with E-state index in [-0.39, 0.29) is 29.4 Å². The average molecular weight is 503 g/mol. The number of ether oxygens (including phenoxy) is 1. The summed E-state index contributed by atoms with van der Waals surface area (Å²) >= 11 is 3.47. The summed E-state index contributed by atoms with van der Waals surface area (Å²) in [6.07, 6.45) is 0. The maximum atomic E-state index is 13.2. The molecule has 5 nitrogen and oxygen atoms in total. The maximum Gasteiger partial charge on any atom is 0.261 e. The third kappa shape index (κ3) is 7.97. The Labute approximate surface area is 200 Å². The third-order valence-corrected chi connectivity index (χ3v) is 5.48. The highest BCUT2D eigenvalue weighted by Gasteiger charge is 2.28. The lowest BCUT2D eigenvalue weighted by Crippen LogP contribution is -2.53. The Morgan fingerprint density at radius 1 is 1.03 bits per heavy atom. The van der Waals surface area contributed by atoms with Crippen molar-refractivity contribution in [3.63, 3.8) is 0 Å². The first-order chi connectivity index (χ1) is 14.8. The van der Waals surface area contributed by atoms with Gasteiger partial charge in [0.15, 0.2) is 6.61 Å². The molecule has 0 aliphatic carbocycles. The molecule has 0 aliphatic heterocycles. The van der Waals surface area contributed by atoms with Crippen molar-refractivity contribution in [2.24, 2.45) is 0 Å². The van der Waals surface area contributed by atoms with E-state index in [1.54, 1.807) is 11.8 Å². The van der Waals surface area contributed by atoms with Gasteiger partial charge in [0.2, 0.25) is 5.91 Å². The molecule has 0 aromatic heterocycles. The fraction of sp³-hybridized carbons (Fsp3) is 0.462. The van der Waals surface area contributed by atoms with Crippen LogP contribution in [-0.2, 0) is 21.5 Å².